The van der Waals surface area contributed by atoms with Crippen LogP contribution in [-0.4, -0.2) is 19.1 Å². The molecule has 1 unspecified atom stereocenters. The van der Waals surface area contributed by atoms with Crippen LogP contribution in [0.1, 0.15) is 18.4 Å². The van der Waals surface area contributed by atoms with Crippen molar-refractivity contribution >= 4 is 27.5 Å². The lowest BCUT2D eigenvalue weighted by Crippen LogP contribution is -2.10. The Labute approximate surface area is 98.5 Å². The molecule has 1 rings (SSSR count). The Morgan fingerprint density at radius 1 is 1.43 bits per heavy atom. The zero-order valence-corrected chi connectivity index (χ0v) is 10.5. The molecule has 0 bridgehead atoms. The summed E-state index contributed by atoms with van der Waals surface area (Å²) in [6.07, 6.45) is 0. The standard InChI is InChI=1S/C11H14BrClO/c1-2-14-8-9(7-13)10-5-3-4-6-11(10)12/h3-6,9H,2,7-8H2,1H3. The fourth-order valence-electron chi connectivity index (χ4n) is 1.28. The van der Waals surface area contributed by atoms with Crippen molar-refractivity contribution in [3.63, 3.8) is 0 Å². The first kappa shape index (κ1) is 12.0. The molecule has 0 saturated heterocycles. The Bertz CT molecular complexity index is 278. The van der Waals surface area contributed by atoms with Crippen molar-refractivity contribution < 1.29 is 4.74 Å². The quantitative estimate of drug-likeness (QED) is 0.744. The molecule has 0 N–H and O–H groups in total. The van der Waals surface area contributed by atoms with E-state index >= 15 is 0 Å². The minimum atomic E-state index is 0.271. The lowest BCUT2D eigenvalue weighted by molar-refractivity contribution is 0.136. The zero-order chi connectivity index (χ0) is 10.4. The molecule has 1 aromatic rings. The van der Waals surface area contributed by atoms with Gasteiger partial charge in [0.1, 0.15) is 0 Å². The van der Waals surface area contributed by atoms with Crippen molar-refractivity contribution in [2.24, 2.45) is 0 Å². The van der Waals surface area contributed by atoms with E-state index < -0.39 is 0 Å². The van der Waals surface area contributed by atoms with Crippen LogP contribution in [0.2, 0.25) is 0 Å². The largest absolute Gasteiger partial charge is 0.381 e. The third-order valence-electron chi connectivity index (χ3n) is 2.05. The fourth-order valence-corrected chi connectivity index (χ4v) is 2.15. The minimum absolute atomic E-state index is 0.271. The van der Waals surface area contributed by atoms with Gasteiger partial charge in [-0.15, -0.1) is 11.6 Å². The summed E-state index contributed by atoms with van der Waals surface area (Å²) in [6, 6.07) is 8.13. The number of rotatable bonds is 5. The van der Waals surface area contributed by atoms with Crippen molar-refractivity contribution in [1.29, 1.82) is 0 Å². The third-order valence-corrected chi connectivity index (χ3v) is 3.15. The highest BCUT2D eigenvalue weighted by Crippen LogP contribution is 2.25. The first-order valence-electron chi connectivity index (χ1n) is 4.67. The molecule has 0 amide bonds. The minimum Gasteiger partial charge on any atom is -0.381 e. The molecule has 78 valence electrons. The van der Waals surface area contributed by atoms with Gasteiger partial charge in [-0.3, -0.25) is 0 Å². The van der Waals surface area contributed by atoms with Crippen LogP contribution < -0.4 is 0 Å². The maximum atomic E-state index is 5.91. The topological polar surface area (TPSA) is 9.23 Å². The van der Waals surface area contributed by atoms with E-state index in [1.807, 2.05) is 25.1 Å². The summed E-state index contributed by atoms with van der Waals surface area (Å²) in [4.78, 5) is 0. The Kier molecular flexibility index (Phi) is 5.53. The second-order valence-corrected chi connectivity index (χ2v) is 4.20. The predicted molar refractivity (Wildman–Crippen MR) is 64.1 cm³/mol. The fraction of sp³-hybridized carbons (Fsp3) is 0.455. The number of hydrogen-bond donors (Lipinski definition) is 0. The molecular formula is C11H14BrClO. The molecule has 0 aliphatic heterocycles. The first-order chi connectivity index (χ1) is 6.79. The molecule has 14 heavy (non-hydrogen) atoms. The van der Waals surface area contributed by atoms with Gasteiger partial charge in [0.15, 0.2) is 0 Å². The summed E-state index contributed by atoms with van der Waals surface area (Å²) in [5, 5.41) is 0. The van der Waals surface area contributed by atoms with Crippen molar-refractivity contribution in [3.8, 4) is 0 Å². The summed E-state index contributed by atoms with van der Waals surface area (Å²) in [5.74, 6) is 0.856. The molecular weight excluding hydrogens is 263 g/mol. The second kappa shape index (κ2) is 6.44. The van der Waals surface area contributed by atoms with Crippen molar-refractivity contribution in [3.05, 3.63) is 34.3 Å². The molecule has 0 aliphatic carbocycles. The van der Waals surface area contributed by atoms with E-state index in [1.54, 1.807) is 0 Å². The molecule has 1 aromatic carbocycles. The second-order valence-electron chi connectivity index (χ2n) is 3.03. The third kappa shape index (κ3) is 3.26. The number of benzene rings is 1. The van der Waals surface area contributed by atoms with Crippen LogP contribution in [0.25, 0.3) is 0 Å². The van der Waals surface area contributed by atoms with Gasteiger partial charge in [0.25, 0.3) is 0 Å². The smallest absolute Gasteiger partial charge is 0.0546 e. The summed E-state index contributed by atoms with van der Waals surface area (Å²) in [7, 11) is 0. The van der Waals surface area contributed by atoms with Gasteiger partial charge in [0.05, 0.1) is 6.61 Å². The monoisotopic (exact) mass is 276 g/mol. The van der Waals surface area contributed by atoms with Gasteiger partial charge in [0.2, 0.25) is 0 Å². The molecule has 0 saturated carbocycles. The summed E-state index contributed by atoms with van der Waals surface area (Å²) in [5.41, 5.74) is 1.22. The van der Waals surface area contributed by atoms with E-state index in [-0.39, 0.29) is 5.92 Å². The Morgan fingerprint density at radius 2 is 2.14 bits per heavy atom. The normalized spacial score (nSPS) is 12.8. The van der Waals surface area contributed by atoms with Crippen LogP contribution in [0.5, 0.6) is 0 Å². The van der Waals surface area contributed by atoms with Gasteiger partial charge in [-0.05, 0) is 18.6 Å². The molecule has 0 spiro atoms. The maximum absolute atomic E-state index is 5.91. The van der Waals surface area contributed by atoms with E-state index in [0.717, 1.165) is 11.1 Å². The van der Waals surface area contributed by atoms with Gasteiger partial charge in [-0.1, -0.05) is 34.1 Å². The molecule has 0 fully saturated rings. The number of ether oxygens (including phenoxy) is 1. The molecule has 3 heteroatoms. The predicted octanol–water partition coefficient (Wildman–Crippen LogP) is 3.81. The molecule has 0 radical (unpaired) electrons. The summed E-state index contributed by atoms with van der Waals surface area (Å²) < 4.78 is 6.49. The highest BCUT2D eigenvalue weighted by molar-refractivity contribution is 9.10. The van der Waals surface area contributed by atoms with E-state index in [2.05, 4.69) is 22.0 Å². The average molecular weight is 278 g/mol. The molecule has 0 aromatic heterocycles. The van der Waals surface area contributed by atoms with Crippen molar-refractivity contribution in [1.82, 2.24) is 0 Å². The van der Waals surface area contributed by atoms with Crippen LogP contribution >= 0.6 is 27.5 Å². The van der Waals surface area contributed by atoms with Crippen LogP contribution in [0.3, 0.4) is 0 Å². The Balaban J connectivity index is 2.73. The van der Waals surface area contributed by atoms with Crippen LogP contribution in [0.4, 0.5) is 0 Å². The number of halogens is 2. The van der Waals surface area contributed by atoms with Crippen LogP contribution in [-0.2, 0) is 4.74 Å². The van der Waals surface area contributed by atoms with Gasteiger partial charge in [-0.2, -0.15) is 0 Å². The van der Waals surface area contributed by atoms with Gasteiger partial charge < -0.3 is 4.74 Å². The van der Waals surface area contributed by atoms with Gasteiger partial charge in [-0.25, -0.2) is 0 Å². The summed E-state index contributed by atoms with van der Waals surface area (Å²) in [6.45, 7) is 3.41. The summed E-state index contributed by atoms with van der Waals surface area (Å²) >= 11 is 9.42. The molecule has 1 nitrogen and oxygen atoms in total. The zero-order valence-electron chi connectivity index (χ0n) is 8.17. The number of alkyl halides is 1. The highest BCUT2D eigenvalue weighted by Gasteiger charge is 2.12. The van der Waals surface area contributed by atoms with E-state index in [4.69, 9.17) is 16.3 Å². The van der Waals surface area contributed by atoms with Crippen molar-refractivity contribution in [2.45, 2.75) is 12.8 Å². The molecule has 0 aliphatic rings. The lowest BCUT2D eigenvalue weighted by Gasteiger charge is -2.15. The lowest BCUT2D eigenvalue weighted by atomic mass is 10.0. The van der Waals surface area contributed by atoms with Crippen molar-refractivity contribution in [2.75, 3.05) is 19.1 Å². The van der Waals surface area contributed by atoms with E-state index in [1.165, 1.54) is 5.56 Å². The van der Waals surface area contributed by atoms with Gasteiger partial charge in [0, 0.05) is 22.9 Å². The van der Waals surface area contributed by atoms with E-state index in [0.29, 0.717) is 12.5 Å². The molecule has 0 heterocycles. The van der Waals surface area contributed by atoms with Crippen LogP contribution in [0, 0.1) is 0 Å². The first-order valence-corrected chi connectivity index (χ1v) is 6.00. The highest BCUT2D eigenvalue weighted by atomic mass is 79.9. The van der Waals surface area contributed by atoms with Gasteiger partial charge >= 0.3 is 0 Å². The number of hydrogen-bond acceptors (Lipinski definition) is 1. The van der Waals surface area contributed by atoms with Crippen LogP contribution in [0.15, 0.2) is 28.7 Å². The van der Waals surface area contributed by atoms with E-state index in [9.17, 15) is 0 Å². The Hall–Kier alpha value is -0.0500. The maximum Gasteiger partial charge on any atom is 0.0546 e. The molecule has 1 atom stereocenters. The SMILES string of the molecule is CCOCC(CCl)c1ccccc1Br. The Morgan fingerprint density at radius 3 is 2.71 bits per heavy atom. The average Bonchev–Trinajstić information content (AvgIpc) is 2.21.